The average Bonchev–Trinajstić information content (AvgIpc) is 2.65. The van der Waals surface area contributed by atoms with E-state index in [2.05, 4.69) is 9.97 Å². The van der Waals surface area contributed by atoms with Crippen molar-refractivity contribution >= 4 is 10.0 Å². The van der Waals surface area contributed by atoms with Crippen molar-refractivity contribution in [3.05, 3.63) is 30.0 Å². The molecule has 9 nitrogen and oxygen atoms in total. The molecule has 0 saturated carbocycles. The maximum absolute atomic E-state index is 11.5. The van der Waals surface area contributed by atoms with Crippen LogP contribution in [0, 0.1) is 0 Å². The highest BCUT2D eigenvalue weighted by atomic mass is 32.2. The molecular weight excluding hydrogens is 398 g/mol. The number of primary sulfonamides is 1. The van der Waals surface area contributed by atoms with Gasteiger partial charge in [-0.3, -0.25) is 4.98 Å². The number of aliphatic hydroxyl groups excluding tert-OH is 1. The van der Waals surface area contributed by atoms with E-state index < -0.39 is 15.6 Å². The van der Waals surface area contributed by atoms with E-state index in [-0.39, 0.29) is 29.9 Å². The highest BCUT2D eigenvalue weighted by Gasteiger charge is 2.20. The van der Waals surface area contributed by atoms with Gasteiger partial charge in [0, 0.05) is 11.8 Å². The fourth-order valence-electron chi connectivity index (χ4n) is 2.32. The number of sulfonamides is 1. The second kappa shape index (κ2) is 9.49. The molecule has 10 heteroatoms. The van der Waals surface area contributed by atoms with Crippen LogP contribution in [0.25, 0.3) is 11.3 Å². The predicted octanol–water partition coefficient (Wildman–Crippen LogP) is 1.61. The van der Waals surface area contributed by atoms with Crippen LogP contribution in [-0.4, -0.2) is 47.4 Å². The lowest BCUT2D eigenvalue weighted by molar-refractivity contribution is 0.0267. The molecule has 0 atom stereocenters. The van der Waals surface area contributed by atoms with Crippen LogP contribution in [0.15, 0.2) is 29.3 Å². The molecule has 4 N–H and O–H groups in total. The molecule has 0 unspecified atom stereocenters. The van der Waals surface area contributed by atoms with Crippen LogP contribution in [0.3, 0.4) is 0 Å². The maximum atomic E-state index is 11.5. The summed E-state index contributed by atoms with van der Waals surface area (Å²) in [4.78, 5) is 8.37. The van der Waals surface area contributed by atoms with Gasteiger partial charge in [0.2, 0.25) is 21.8 Å². The maximum Gasteiger partial charge on any atom is 0.239 e. The molecule has 0 aliphatic rings. The van der Waals surface area contributed by atoms with Crippen LogP contribution < -0.4 is 14.6 Å². The molecule has 0 amide bonds. The summed E-state index contributed by atoms with van der Waals surface area (Å²) in [6.07, 6.45) is 2.90. The van der Waals surface area contributed by atoms with E-state index >= 15 is 0 Å². The molecule has 0 spiro atoms. The SMILES string of the molecule is CCCCOc1nc(OCC(C)(C)O)c(-c2ccc(S(N)(=O)=O)cn2)cc1CO. The Hall–Kier alpha value is -2.27. The van der Waals surface area contributed by atoms with Crippen molar-refractivity contribution in [3.63, 3.8) is 0 Å². The van der Waals surface area contributed by atoms with Crippen LogP contribution in [-0.2, 0) is 16.6 Å². The monoisotopic (exact) mass is 425 g/mol. The fourth-order valence-corrected chi connectivity index (χ4v) is 2.78. The average molecular weight is 426 g/mol. The van der Waals surface area contributed by atoms with E-state index in [0.29, 0.717) is 23.4 Å². The number of aliphatic hydroxyl groups is 2. The quantitative estimate of drug-likeness (QED) is 0.487. The molecule has 2 heterocycles. The van der Waals surface area contributed by atoms with Gasteiger partial charge in [-0.1, -0.05) is 13.3 Å². The second-order valence-corrected chi connectivity index (χ2v) is 8.75. The molecule has 2 aromatic rings. The summed E-state index contributed by atoms with van der Waals surface area (Å²) in [5, 5.41) is 24.8. The third kappa shape index (κ3) is 6.64. The zero-order chi connectivity index (χ0) is 21.7. The minimum Gasteiger partial charge on any atom is -0.477 e. The minimum absolute atomic E-state index is 0.0465. The minimum atomic E-state index is -3.88. The zero-order valence-corrected chi connectivity index (χ0v) is 17.6. The fraction of sp³-hybridized carbons (Fsp3) is 0.474. The lowest BCUT2D eigenvalue weighted by atomic mass is 10.1. The highest BCUT2D eigenvalue weighted by molar-refractivity contribution is 7.89. The Morgan fingerprint density at radius 2 is 1.93 bits per heavy atom. The van der Waals surface area contributed by atoms with E-state index in [0.717, 1.165) is 19.0 Å². The summed E-state index contributed by atoms with van der Waals surface area (Å²) < 4.78 is 34.3. The number of unbranched alkanes of at least 4 members (excludes halogenated alkanes) is 1. The zero-order valence-electron chi connectivity index (χ0n) is 16.8. The Labute approximate surface area is 170 Å². The van der Waals surface area contributed by atoms with E-state index in [1.807, 2.05) is 6.92 Å². The van der Waals surface area contributed by atoms with Gasteiger partial charge in [0.1, 0.15) is 11.5 Å². The lowest BCUT2D eigenvalue weighted by Gasteiger charge is -2.20. The number of hydrogen-bond donors (Lipinski definition) is 3. The van der Waals surface area contributed by atoms with Gasteiger partial charge in [-0.15, -0.1) is 0 Å². The van der Waals surface area contributed by atoms with Gasteiger partial charge >= 0.3 is 0 Å². The largest absolute Gasteiger partial charge is 0.477 e. The third-order valence-corrected chi connectivity index (χ3v) is 4.74. The topological polar surface area (TPSA) is 145 Å². The van der Waals surface area contributed by atoms with Crippen molar-refractivity contribution in [2.45, 2.75) is 50.7 Å². The van der Waals surface area contributed by atoms with E-state index in [1.54, 1.807) is 19.9 Å². The van der Waals surface area contributed by atoms with E-state index in [1.165, 1.54) is 12.1 Å². The first-order valence-electron chi connectivity index (χ1n) is 9.17. The Morgan fingerprint density at radius 3 is 2.45 bits per heavy atom. The summed E-state index contributed by atoms with van der Waals surface area (Å²) in [7, 11) is -3.88. The smallest absolute Gasteiger partial charge is 0.239 e. The number of rotatable bonds is 10. The van der Waals surface area contributed by atoms with Crippen LogP contribution in [0.1, 0.15) is 39.2 Å². The third-order valence-electron chi connectivity index (χ3n) is 3.84. The molecule has 0 fully saturated rings. The van der Waals surface area contributed by atoms with Crippen molar-refractivity contribution in [1.29, 1.82) is 0 Å². The summed E-state index contributed by atoms with van der Waals surface area (Å²) in [6.45, 7) is 5.28. The number of pyridine rings is 2. The Morgan fingerprint density at radius 1 is 1.21 bits per heavy atom. The molecule has 0 radical (unpaired) electrons. The van der Waals surface area contributed by atoms with Crippen molar-refractivity contribution in [1.82, 2.24) is 9.97 Å². The summed E-state index contributed by atoms with van der Waals surface area (Å²) in [6, 6.07) is 4.40. The number of nitrogens with two attached hydrogens (primary N) is 1. The van der Waals surface area contributed by atoms with Gasteiger partial charge in [-0.25, -0.2) is 13.6 Å². The van der Waals surface area contributed by atoms with Crippen molar-refractivity contribution < 1.29 is 28.1 Å². The van der Waals surface area contributed by atoms with Gasteiger partial charge in [-0.05, 0) is 38.5 Å². The Kier molecular flexibility index (Phi) is 7.53. The van der Waals surface area contributed by atoms with Crippen molar-refractivity contribution in [2.24, 2.45) is 5.14 Å². The van der Waals surface area contributed by atoms with Crippen LogP contribution >= 0.6 is 0 Å². The molecule has 160 valence electrons. The highest BCUT2D eigenvalue weighted by Crippen LogP contribution is 2.33. The molecule has 0 bridgehead atoms. The summed E-state index contributed by atoms with van der Waals surface area (Å²) >= 11 is 0. The number of aromatic nitrogens is 2. The molecule has 0 aliphatic heterocycles. The van der Waals surface area contributed by atoms with Crippen LogP contribution in [0.5, 0.6) is 11.8 Å². The second-order valence-electron chi connectivity index (χ2n) is 7.19. The summed E-state index contributed by atoms with van der Waals surface area (Å²) in [5.74, 6) is 0.378. The molecule has 0 aliphatic carbocycles. The number of hydrogen-bond acceptors (Lipinski definition) is 8. The van der Waals surface area contributed by atoms with Gasteiger partial charge < -0.3 is 19.7 Å². The lowest BCUT2D eigenvalue weighted by Crippen LogP contribution is -2.28. The first-order valence-corrected chi connectivity index (χ1v) is 10.7. The molecule has 2 aromatic heterocycles. The van der Waals surface area contributed by atoms with Gasteiger partial charge in [0.05, 0.1) is 30.1 Å². The van der Waals surface area contributed by atoms with Gasteiger partial charge in [-0.2, -0.15) is 4.98 Å². The normalized spacial score (nSPS) is 12.1. The summed E-state index contributed by atoms with van der Waals surface area (Å²) in [5.41, 5.74) is 0.111. The van der Waals surface area contributed by atoms with Crippen LogP contribution in [0.4, 0.5) is 0 Å². The van der Waals surface area contributed by atoms with Gasteiger partial charge in [0.15, 0.2) is 0 Å². The number of ether oxygens (including phenoxy) is 2. The first-order chi connectivity index (χ1) is 13.5. The number of nitrogens with zero attached hydrogens (tertiary/aromatic N) is 2. The predicted molar refractivity (Wildman–Crippen MR) is 107 cm³/mol. The molecule has 0 saturated heterocycles. The first kappa shape index (κ1) is 23.0. The molecular formula is C19H27N3O6S. The van der Waals surface area contributed by atoms with Crippen molar-refractivity contribution in [3.8, 4) is 23.0 Å². The molecule has 29 heavy (non-hydrogen) atoms. The van der Waals surface area contributed by atoms with E-state index in [9.17, 15) is 18.6 Å². The van der Waals surface area contributed by atoms with E-state index in [4.69, 9.17) is 14.6 Å². The van der Waals surface area contributed by atoms with Crippen molar-refractivity contribution in [2.75, 3.05) is 13.2 Å². The standard InChI is InChI=1S/C19H27N3O6S/c1-4-5-8-27-17-13(11-23)9-15(18(22-17)28-12-19(2,3)24)16-7-6-14(10-21-16)29(20,25)26/h6-7,9-10,23-24H,4-5,8,11-12H2,1-3H3,(H2,20,25,26). The Balaban J connectivity index is 2.49. The Bertz CT molecular complexity index is 924. The molecule has 2 rings (SSSR count). The molecule has 0 aromatic carbocycles. The van der Waals surface area contributed by atoms with Gasteiger partial charge in [0.25, 0.3) is 0 Å². The van der Waals surface area contributed by atoms with Crippen LogP contribution in [0.2, 0.25) is 0 Å².